The molecule has 0 radical (unpaired) electrons. The van der Waals surface area contributed by atoms with E-state index >= 15 is 0 Å². The van der Waals surface area contributed by atoms with E-state index < -0.39 is 11.6 Å². The number of hydrogen-bond donors (Lipinski definition) is 2. The zero-order chi connectivity index (χ0) is 15.6. The molecule has 3 N–H and O–H groups in total. The number of thiocarbonyl (C=S) groups is 1. The van der Waals surface area contributed by atoms with Gasteiger partial charge < -0.3 is 11.1 Å². The predicted octanol–water partition coefficient (Wildman–Crippen LogP) is 4.47. The fraction of sp³-hybridized carbons (Fsp3) is 0.267. The van der Waals surface area contributed by atoms with Crippen molar-refractivity contribution < 1.29 is 8.78 Å². The van der Waals surface area contributed by atoms with Crippen LogP contribution in [0.15, 0.2) is 29.6 Å². The second-order valence-electron chi connectivity index (χ2n) is 5.06. The van der Waals surface area contributed by atoms with E-state index in [1.54, 1.807) is 11.3 Å². The SMILES string of the molecule is CC(C)C(Nc1c(F)cc(C(N)=S)cc1F)c1cccs1. The zero-order valence-electron chi connectivity index (χ0n) is 11.7. The molecule has 0 saturated heterocycles. The largest absolute Gasteiger partial charge is 0.389 e. The van der Waals surface area contributed by atoms with Gasteiger partial charge in [-0.15, -0.1) is 11.3 Å². The molecular formula is C15H16F2N2S2. The second kappa shape index (κ2) is 6.49. The van der Waals surface area contributed by atoms with Gasteiger partial charge >= 0.3 is 0 Å². The van der Waals surface area contributed by atoms with Gasteiger partial charge in [-0.05, 0) is 29.5 Å². The third kappa shape index (κ3) is 3.57. The van der Waals surface area contributed by atoms with Gasteiger partial charge in [0.2, 0.25) is 0 Å². The molecule has 0 fully saturated rings. The van der Waals surface area contributed by atoms with Crippen LogP contribution < -0.4 is 11.1 Å². The summed E-state index contributed by atoms with van der Waals surface area (Å²) in [4.78, 5) is 1.00. The minimum absolute atomic E-state index is 0.0296. The van der Waals surface area contributed by atoms with Crippen LogP contribution in [-0.2, 0) is 0 Å². The van der Waals surface area contributed by atoms with Crippen LogP contribution in [0.3, 0.4) is 0 Å². The van der Waals surface area contributed by atoms with Crippen molar-refractivity contribution in [3.63, 3.8) is 0 Å². The van der Waals surface area contributed by atoms with Gasteiger partial charge in [-0.25, -0.2) is 8.78 Å². The minimum Gasteiger partial charge on any atom is -0.389 e. The summed E-state index contributed by atoms with van der Waals surface area (Å²) in [5, 5.41) is 4.90. The Morgan fingerprint density at radius 1 is 1.29 bits per heavy atom. The number of anilines is 1. The quantitative estimate of drug-likeness (QED) is 0.796. The van der Waals surface area contributed by atoms with Gasteiger partial charge in [0.05, 0.1) is 6.04 Å². The van der Waals surface area contributed by atoms with E-state index in [4.69, 9.17) is 18.0 Å². The van der Waals surface area contributed by atoms with Crippen LogP contribution in [0.4, 0.5) is 14.5 Å². The number of nitrogens with two attached hydrogens (primary N) is 1. The Morgan fingerprint density at radius 2 is 1.90 bits per heavy atom. The summed E-state index contributed by atoms with van der Waals surface area (Å²) in [6.07, 6.45) is 0. The molecule has 1 aromatic heterocycles. The molecule has 2 aromatic rings. The maximum Gasteiger partial charge on any atom is 0.150 e. The Labute approximate surface area is 132 Å². The molecule has 21 heavy (non-hydrogen) atoms. The maximum atomic E-state index is 14.1. The van der Waals surface area contributed by atoms with E-state index in [-0.39, 0.29) is 28.2 Å². The lowest BCUT2D eigenvalue weighted by atomic mass is 10.0. The topological polar surface area (TPSA) is 38.0 Å². The van der Waals surface area contributed by atoms with Crippen LogP contribution in [0.2, 0.25) is 0 Å². The van der Waals surface area contributed by atoms with Crippen LogP contribution >= 0.6 is 23.6 Å². The molecule has 0 saturated carbocycles. The molecule has 0 bridgehead atoms. The van der Waals surface area contributed by atoms with Crippen molar-refractivity contribution in [1.29, 1.82) is 0 Å². The van der Waals surface area contributed by atoms with Crippen molar-refractivity contribution in [3.8, 4) is 0 Å². The highest BCUT2D eigenvalue weighted by molar-refractivity contribution is 7.80. The summed E-state index contributed by atoms with van der Waals surface area (Å²) in [5.74, 6) is -1.21. The first-order valence-corrected chi connectivity index (χ1v) is 7.77. The van der Waals surface area contributed by atoms with E-state index in [9.17, 15) is 8.78 Å². The maximum absolute atomic E-state index is 14.1. The van der Waals surface area contributed by atoms with Crippen LogP contribution in [0.1, 0.15) is 30.3 Å². The Balaban J connectivity index is 2.36. The molecule has 1 unspecified atom stereocenters. The summed E-state index contributed by atoms with van der Waals surface area (Å²) in [6.45, 7) is 3.99. The van der Waals surface area contributed by atoms with E-state index in [0.29, 0.717) is 0 Å². The van der Waals surface area contributed by atoms with Gasteiger partial charge in [0.15, 0.2) is 0 Å². The number of halogens is 2. The highest BCUT2D eigenvalue weighted by atomic mass is 32.1. The number of nitrogens with one attached hydrogen (secondary N) is 1. The third-order valence-electron chi connectivity index (χ3n) is 3.14. The second-order valence-corrected chi connectivity index (χ2v) is 6.48. The Morgan fingerprint density at radius 3 is 2.33 bits per heavy atom. The van der Waals surface area contributed by atoms with Gasteiger partial charge in [-0.3, -0.25) is 0 Å². The first-order valence-electron chi connectivity index (χ1n) is 6.49. The van der Waals surface area contributed by atoms with Crippen LogP contribution in [0.5, 0.6) is 0 Å². The summed E-state index contributed by atoms with van der Waals surface area (Å²) in [6, 6.07) is 6.00. The highest BCUT2D eigenvalue weighted by Gasteiger charge is 2.21. The molecule has 0 spiro atoms. The summed E-state index contributed by atoms with van der Waals surface area (Å²) in [5.41, 5.74) is 5.44. The van der Waals surface area contributed by atoms with E-state index in [1.807, 2.05) is 31.4 Å². The molecule has 1 atom stereocenters. The Kier molecular flexibility index (Phi) is 4.90. The number of benzene rings is 1. The van der Waals surface area contributed by atoms with Gasteiger partial charge in [0.1, 0.15) is 22.3 Å². The first-order chi connectivity index (χ1) is 9.90. The standard InChI is InChI=1S/C15H16F2N2S2/c1-8(2)13(12-4-3-5-21-12)19-14-10(16)6-9(15(18)20)7-11(14)17/h3-8,13,19H,1-2H3,(H2,18,20). The monoisotopic (exact) mass is 326 g/mol. The van der Waals surface area contributed by atoms with Gasteiger partial charge in [0, 0.05) is 10.4 Å². The molecule has 112 valence electrons. The molecule has 0 aliphatic heterocycles. The van der Waals surface area contributed by atoms with Crippen LogP contribution in [-0.4, -0.2) is 4.99 Å². The van der Waals surface area contributed by atoms with Crippen LogP contribution in [0.25, 0.3) is 0 Å². The molecule has 1 heterocycles. The lowest BCUT2D eigenvalue weighted by Gasteiger charge is -2.23. The zero-order valence-corrected chi connectivity index (χ0v) is 13.3. The molecule has 2 nitrogen and oxygen atoms in total. The lowest BCUT2D eigenvalue weighted by Crippen LogP contribution is -2.18. The van der Waals surface area contributed by atoms with E-state index in [0.717, 1.165) is 17.0 Å². The normalized spacial score (nSPS) is 12.4. The van der Waals surface area contributed by atoms with Crippen molar-refractivity contribution in [1.82, 2.24) is 0 Å². The smallest absolute Gasteiger partial charge is 0.150 e. The molecule has 1 aromatic carbocycles. The summed E-state index contributed by atoms with van der Waals surface area (Å²) >= 11 is 6.29. The van der Waals surface area contributed by atoms with Gasteiger partial charge in [-0.2, -0.15) is 0 Å². The van der Waals surface area contributed by atoms with Crippen molar-refractivity contribution in [2.45, 2.75) is 19.9 Å². The Hall–Kier alpha value is -1.53. The fourth-order valence-corrected chi connectivity index (χ4v) is 3.11. The first kappa shape index (κ1) is 15.9. The fourth-order valence-electron chi connectivity index (χ4n) is 2.04. The van der Waals surface area contributed by atoms with Gasteiger partial charge in [-0.1, -0.05) is 32.1 Å². The molecule has 0 amide bonds. The minimum atomic E-state index is -0.694. The molecule has 0 aliphatic carbocycles. The third-order valence-corrected chi connectivity index (χ3v) is 4.33. The van der Waals surface area contributed by atoms with E-state index in [2.05, 4.69) is 5.32 Å². The summed E-state index contributed by atoms with van der Waals surface area (Å²) < 4.78 is 28.2. The molecule has 0 aliphatic rings. The molecular weight excluding hydrogens is 310 g/mol. The number of rotatable bonds is 5. The number of hydrogen-bond acceptors (Lipinski definition) is 3. The van der Waals surface area contributed by atoms with Crippen molar-refractivity contribution in [3.05, 3.63) is 51.7 Å². The highest BCUT2D eigenvalue weighted by Crippen LogP contribution is 2.32. The number of thiophene rings is 1. The summed E-state index contributed by atoms with van der Waals surface area (Å²) in [7, 11) is 0. The predicted molar refractivity (Wildman–Crippen MR) is 87.8 cm³/mol. The average Bonchev–Trinajstić information content (AvgIpc) is 2.90. The molecule has 2 rings (SSSR count). The van der Waals surface area contributed by atoms with Crippen molar-refractivity contribution in [2.75, 3.05) is 5.32 Å². The van der Waals surface area contributed by atoms with Crippen molar-refractivity contribution in [2.24, 2.45) is 11.7 Å². The Bertz CT molecular complexity index is 616. The van der Waals surface area contributed by atoms with E-state index in [1.165, 1.54) is 0 Å². The van der Waals surface area contributed by atoms with Crippen LogP contribution in [0, 0.1) is 17.6 Å². The average molecular weight is 326 g/mol. The van der Waals surface area contributed by atoms with Gasteiger partial charge in [0.25, 0.3) is 0 Å². The molecule has 6 heteroatoms. The lowest BCUT2D eigenvalue weighted by molar-refractivity contribution is 0.533. The van der Waals surface area contributed by atoms with Crippen molar-refractivity contribution >= 4 is 34.2 Å².